The number of nitrogens with zero attached hydrogens (tertiary/aromatic N) is 6. The summed E-state index contributed by atoms with van der Waals surface area (Å²) in [6.45, 7) is -0.456. The average molecular weight is 1190 g/mol. The Hall–Kier alpha value is -12.2. The molecule has 14 aromatic carbocycles. The summed E-state index contributed by atoms with van der Waals surface area (Å²) in [5, 5.41) is 2.37. The number of ether oxygens (including phenoxy) is 1. The molecule has 434 valence electrons. The summed E-state index contributed by atoms with van der Waals surface area (Å²) in [6, 6.07) is 124. The van der Waals surface area contributed by atoms with E-state index in [9.17, 15) is 0 Å². The highest BCUT2D eigenvalue weighted by Crippen LogP contribution is 2.52. The van der Waals surface area contributed by atoms with Crippen LogP contribution in [-0.2, 0) is 0 Å². The fraction of sp³-hybridized carbons (Fsp3) is 0. The number of hydrogen-bond donors (Lipinski definition) is 0. The summed E-state index contributed by atoms with van der Waals surface area (Å²) in [5.41, 5.74) is 26.6. The van der Waals surface area contributed by atoms with Gasteiger partial charge in [0.15, 0.2) is 0 Å². The molecule has 4 aliphatic heterocycles. The molecule has 4 aliphatic rings. The molecule has 0 spiro atoms. The van der Waals surface area contributed by atoms with Gasteiger partial charge in [-0.1, -0.05) is 194 Å². The lowest BCUT2D eigenvalue weighted by Gasteiger charge is -2.46. The van der Waals surface area contributed by atoms with Gasteiger partial charge in [0.1, 0.15) is 11.5 Å². The van der Waals surface area contributed by atoms with Crippen molar-refractivity contribution in [2.75, 3.05) is 24.5 Å². The van der Waals surface area contributed by atoms with Crippen LogP contribution in [-0.4, -0.2) is 18.0 Å². The van der Waals surface area contributed by atoms with Gasteiger partial charge < -0.3 is 33.8 Å². The van der Waals surface area contributed by atoms with Crippen LogP contribution < -0.4 is 62.0 Å². The number of aromatic nitrogens is 1. The van der Waals surface area contributed by atoms with Crippen molar-refractivity contribution in [3.63, 3.8) is 0 Å². The van der Waals surface area contributed by atoms with E-state index >= 15 is 0 Å². The molecule has 0 amide bonds. The summed E-state index contributed by atoms with van der Waals surface area (Å²) in [7, 11) is 0. The Morgan fingerprint density at radius 2 is 0.688 bits per heavy atom. The Labute approximate surface area is 540 Å². The average Bonchev–Trinajstić information content (AvgIpc) is 1.52. The fourth-order valence-electron chi connectivity index (χ4n) is 15.6. The Bertz CT molecular complexity index is 5310. The summed E-state index contributed by atoms with van der Waals surface area (Å²) in [6.07, 6.45) is 0. The van der Waals surface area contributed by atoms with Crippen molar-refractivity contribution in [3.8, 4) is 17.2 Å². The molecule has 1 aromatic heterocycles. The molecule has 7 nitrogen and oxygen atoms in total. The molecule has 93 heavy (non-hydrogen) atoms. The van der Waals surface area contributed by atoms with E-state index in [-0.39, 0.29) is 13.4 Å². The molecule has 0 bridgehead atoms. The van der Waals surface area contributed by atoms with Crippen molar-refractivity contribution in [3.05, 3.63) is 340 Å². The summed E-state index contributed by atoms with van der Waals surface area (Å²) < 4.78 is 10.3. The molecule has 0 saturated heterocycles. The van der Waals surface area contributed by atoms with Crippen molar-refractivity contribution in [1.82, 2.24) is 4.57 Å². The molecular formula is C84H56B2N6O. The number of hydrogen-bond acceptors (Lipinski definition) is 6. The Balaban J connectivity index is 0.928. The first kappa shape index (κ1) is 52.7. The molecule has 0 fully saturated rings. The van der Waals surface area contributed by atoms with Crippen molar-refractivity contribution < 1.29 is 4.74 Å². The van der Waals surface area contributed by atoms with Crippen molar-refractivity contribution in [2.24, 2.45) is 0 Å². The quantitative estimate of drug-likeness (QED) is 0.127. The number of para-hydroxylation sites is 10. The summed E-state index contributed by atoms with van der Waals surface area (Å²) in [4.78, 5) is 12.3. The van der Waals surface area contributed by atoms with E-state index in [1.807, 2.05) is 0 Å². The highest BCUT2D eigenvalue weighted by molar-refractivity contribution is 7.02. The molecule has 0 saturated carbocycles. The molecule has 15 aromatic rings. The van der Waals surface area contributed by atoms with E-state index in [0.29, 0.717) is 0 Å². The van der Waals surface area contributed by atoms with Gasteiger partial charge in [-0.25, -0.2) is 0 Å². The van der Waals surface area contributed by atoms with Crippen LogP contribution in [0.5, 0.6) is 11.5 Å². The van der Waals surface area contributed by atoms with E-state index < -0.39 is 0 Å². The van der Waals surface area contributed by atoms with Gasteiger partial charge >= 0.3 is 0 Å². The minimum Gasteiger partial charge on any atom is -0.458 e. The lowest BCUT2D eigenvalue weighted by Crippen LogP contribution is -2.64. The maximum Gasteiger partial charge on any atom is 0.256 e. The SMILES string of the molecule is c1ccc(N(c2ccccc2)c2cc3c4c(c2)N(c2ccccc2)c2c(ccc5c2c2ccccc2n5-c2ccccc2)B4c2cc4c(cc2O3)N(c2ccccc2)c2cc(N(c3ccccc3)c3ccccc3)cc3c2B4c2ccccc2N3c2ccccc2)cc1. The highest BCUT2D eigenvalue weighted by atomic mass is 16.5. The highest BCUT2D eigenvalue weighted by Gasteiger charge is 2.49. The Morgan fingerprint density at radius 1 is 0.258 bits per heavy atom. The standard InChI is InChI=1S/C84H56B2N6O/c1-9-29-57(30-10-1)87(58-31-11-2-12-32-58)65-51-76-82-77(52-65)91(63-41-21-7-22-42-63)75-56-79-71(55-70(75)85(82)68-46-26-28-48-73(68)90(76)62-39-19-6-20-40-62)86-69-49-50-74-81(67-45-25-27-47-72(67)89(74)61-37-17-5-18-38-61)84(69)92(64-43-23-8-24-44-64)78-53-66(54-80(93-79)83(78)86)88(59-33-13-3-14-34-59)60-35-15-4-16-36-60/h1-56H. The molecule has 0 atom stereocenters. The van der Waals surface area contributed by atoms with Crippen molar-refractivity contribution in [1.29, 1.82) is 0 Å². The minimum absolute atomic E-state index is 0.189. The van der Waals surface area contributed by atoms with Crippen LogP contribution in [0.1, 0.15) is 0 Å². The molecule has 0 aliphatic carbocycles. The van der Waals surface area contributed by atoms with Crippen LogP contribution in [0, 0.1) is 0 Å². The molecule has 0 radical (unpaired) electrons. The van der Waals surface area contributed by atoms with E-state index in [1.54, 1.807) is 0 Å². The lowest BCUT2D eigenvalue weighted by atomic mass is 9.30. The monoisotopic (exact) mass is 1190 g/mol. The number of fused-ring (bicyclic) bond motifs is 12. The van der Waals surface area contributed by atoms with E-state index in [2.05, 4.69) is 369 Å². The first-order valence-corrected chi connectivity index (χ1v) is 32.0. The van der Waals surface area contributed by atoms with E-state index in [0.717, 1.165) is 124 Å². The number of benzene rings is 14. The predicted molar refractivity (Wildman–Crippen MR) is 390 cm³/mol. The van der Waals surface area contributed by atoms with Gasteiger partial charge in [-0.2, -0.15) is 0 Å². The Kier molecular flexibility index (Phi) is 12.0. The van der Waals surface area contributed by atoms with Gasteiger partial charge in [-0.15, -0.1) is 0 Å². The van der Waals surface area contributed by atoms with Crippen molar-refractivity contribution >= 4 is 153 Å². The van der Waals surface area contributed by atoms with Crippen LogP contribution in [0.15, 0.2) is 340 Å². The molecular weight excluding hydrogens is 1130 g/mol. The van der Waals surface area contributed by atoms with E-state index in [4.69, 9.17) is 4.74 Å². The zero-order chi connectivity index (χ0) is 61.1. The summed E-state index contributed by atoms with van der Waals surface area (Å²) >= 11 is 0. The topological polar surface area (TPSA) is 30.4 Å². The zero-order valence-electron chi connectivity index (χ0n) is 50.6. The van der Waals surface area contributed by atoms with Crippen LogP contribution in [0.2, 0.25) is 0 Å². The van der Waals surface area contributed by atoms with Gasteiger partial charge in [0, 0.05) is 96.8 Å². The number of rotatable bonds is 10. The third-order valence-electron chi connectivity index (χ3n) is 19.3. The van der Waals surface area contributed by atoms with Gasteiger partial charge in [0.25, 0.3) is 13.4 Å². The molecule has 0 N–H and O–H groups in total. The van der Waals surface area contributed by atoms with Gasteiger partial charge in [-0.05, 0) is 166 Å². The van der Waals surface area contributed by atoms with Crippen LogP contribution >= 0.6 is 0 Å². The fourth-order valence-corrected chi connectivity index (χ4v) is 15.6. The van der Waals surface area contributed by atoms with Crippen LogP contribution in [0.4, 0.5) is 85.3 Å². The van der Waals surface area contributed by atoms with Crippen LogP contribution in [0.3, 0.4) is 0 Å². The first-order chi connectivity index (χ1) is 46.2. The normalized spacial score (nSPS) is 12.9. The lowest BCUT2D eigenvalue weighted by molar-refractivity contribution is 0.488. The predicted octanol–water partition coefficient (Wildman–Crippen LogP) is 18.2. The largest absolute Gasteiger partial charge is 0.458 e. The third-order valence-corrected chi connectivity index (χ3v) is 19.3. The second-order valence-electron chi connectivity index (χ2n) is 24.4. The molecule has 0 unspecified atom stereocenters. The Morgan fingerprint density at radius 3 is 1.24 bits per heavy atom. The zero-order valence-corrected chi connectivity index (χ0v) is 50.6. The van der Waals surface area contributed by atoms with Crippen molar-refractivity contribution in [2.45, 2.75) is 0 Å². The molecule has 9 heteroatoms. The second kappa shape index (κ2) is 21.2. The second-order valence-corrected chi connectivity index (χ2v) is 24.4. The first-order valence-electron chi connectivity index (χ1n) is 32.0. The van der Waals surface area contributed by atoms with E-state index in [1.165, 1.54) is 32.6 Å². The maximum absolute atomic E-state index is 7.87. The maximum atomic E-state index is 7.87. The van der Waals surface area contributed by atoms with Gasteiger partial charge in [-0.3, -0.25) is 0 Å². The summed E-state index contributed by atoms with van der Waals surface area (Å²) in [5.74, 6) is 1.63. The van der Waals surface area contributed by atoms with Gasteiger partial charge in [0.05, 0.1) is 28.1 Å². The van der Waals surface area contributed by atoms with Crippen LogP contribution in [0.25, 0.3) is 27.5 Å². The minimum atomic E-state index is -0.267. The third kappa shape index (κ3) is 8.20. The smallest absolute Gasteiger partial charge is 0.256 e. The molecule has 5 heterocycles. The molecule has 19 rings (SSSR count). The number of anilines is 15. The van der Waals surface area contributed by atoms with Gasteiger partial charge in [0.2, 0.25) is 0 Å².